The Balaban J connectivity index is 2.08. The van der Waals surface area contributed by atoms with E-state index in [1.807, 2.05) is 13.0 Å². The molecule has 2 aromatic rings. The van der Waals surface area contributed by atoms with Crippen molar-refractivity contribution in [2.24, 2.45) is 0 Å². The van der Waals surface area contributed by atoms with Crippen molar-refractivity contribution in [1.29, 1.82) is 0 Å². The lowest BCUT2D eigenvalue weighted by Gasteiger charge is -2.27. The van der Waals surface area contributed by atoms with Gasteiger partial charge in [-0.1, -0.05) is 6.92 Å². The van der Waals surface area contributed by atoms with Gasteiger partial charge in [-0.25, -0.2) is 4.98 Å². The second-order valence-corrected chi connectivity index (χ2v) is 5.32. The van der Waals surface area contributed by atoms with Gasteiger partial charge in [0.05, 0.1) is 5.52 Å². The number of Topliss-reactive ketones (excluding diaryl/α,β-unsaturated/α-hetero) is 1. The van der Waals surface area contributed by atoms with Crippen LogP contribution in [0.1, 0.15) is 43.0 Å². The number of fused-ring (bicyclic) bond motifs is 1. The molecule has 5 heteroatoms. The average Bonchev–Trinajstić information content (AvgIpc) is 2.94. The zero-order chi connectivity index (χ0) is 14.1. The van der Waals surface area contributed by atoms with E-state index in [0.717, 1.165) is 29.8 Å². The van der Waals surface area contributed by atoms with Crippen LogP contribution in [-0.2, 0) is 0 Å². The minimum absolute atomic E-state index is 0.103. The molecule has 1 aliphatic heterocycles. The van der Waals surface area contributed by atoms with E-state index in [1.165, 1.54) is 19.3 Å². The lowest BCUT2D eigenvalue weighted by Crippen LogP contribution is -2.29. The molecule has 0 spiro atoms. The molecule has 3 heterocycles. The lowest BCUT2D eigenvalue weighted by atomic mass is 10.1. The van der Waals surface area contributed by atoms with Crippen LogP contribution in [0, 0.1) is 0 Å². The van der Waals surface area contributed by atoms with Gasteiger partial charge in [-0.05, 0) is 25.3 Å². The molecule has 1 aliphatic rings. The number of nitrogens with zero attached hydrogens (tertiary/aromatic N) is 2. The van der Waals surface area contributed by atoms with Crippen molar-refractivity contribution in [2.45, 2.75) is 32.6 Å². The highest BCUT2D eigenvalue weighted by Crippen LogP contribution is 2.29. The van der Waals surface area contributed by atoms with E-state index in [2.05, 4.69) is 14.9 Å². The Hall–Kier alpha value is -2.04. The van der Waals surface area contributed by atoms with Gasteiger partial charge in [-0.2, -0.15) is 0 Å². The Morgan fingerprint density at radius 1 is 1.40 bits per heavy atom. The second-order valence-electron chi connectivity index (χ2n) is 5.32. The van der Waals surface area contributed by atoms with Crippen LogP contribution in [0.2, 0.25) is 0 Å². The number of carbonyl (C=O) groups excluding carboxylic acids is 1. The SMILES string of the molecule is CCC(=O)c1cnc(N)c2[nH]c(N3CCCCC3)cc12. The van der Waals surface area contributed by atoms with Gasteiger partial charge in [0, 0.05) is 36.7 Å². The number of nitrogen functional groups attached to an aromatic ring is 1. The molecule has 0 aromatic carbocycles. The fourth-order valence-electron chi connectivity index (χ4n) is 2.84. The van der Waals surface area contributed by atoms with E-state index in [1.54, 1.807) is 6.20 Å². The minimum atomic E-state index is 0.103. The maximum Gasteiger partial charge on any atom is 0.164 e. The van der Waals surface area contributed by atoms with Crippen molar-refractivity contribution in [2.75, 3.05) is 23.7 Å². The number of anilines is 2. The van der Waals surface area contributed by atoms with Crippen LogP contribution in [0.3, 0.4) is 0 Å². The predicted molar refractivity (Wildman–Crippen MR) is 81.2 cm³/mol. The van der Waals surface area contributed by atoms with Crippen molar-refractivity contribution < 1.29 is 4.79 Å². The summed E-state index contributed by atoms with van der Waals surface area (Å²) in [4.78, 5) is 21.8. The quantitative estimate of drug-likeness (QED) is 0.842. The number of H-pyrrole nitrogens is 1. The van der Waals surface area contributed by atoms with Crippen molar-refractivity contribution in [3.05, 3.63) is 17.8 Å². The highest BCUT2D eigenvalue weighted by molar-refractivity contribution is 6.10. The molecule has 2 aromatic heterocycles. The van der Waals surface area contributed by atoms with Crippen molar-refractivity contribution in [3.63, 3.8) is 0 Å². The number of carbonyl (C=O) groups is 1. The summed E-state index contributed by atoms with van der Waals surface area (Å²) in [5, 5.41) is 0.893. The standard InChI is InChI=1S/C15H20N4O/c1-2-12(20)11-9-17-15(16)14-10(11)8-13(18-14)19-6-4-3-5-7-19/h8-9,18H,2-7H2,1H3,(H2,16,17). The summed E-state index contributed by atoms with van der Waals surface area (Å²) in [6, 6.07) is 2.04. The Morgan fingerprint density at radius 2 is 2.15 bits per heavy atom. The maximum atomic E-state index is 12.0. The number of hydrogen-bond acceptors (Lipinski definition) is 4. The van der Waals surface area contributed by atoms with Gasteiger partial charge in [0.1, 0.15) is 11.6 Å². The number of aromatic amines is 1. The van der Waals surface area contributed by atoms with Crippen molar-refractivity contribution in [3.8, 4) is 0 Å². The van der Waals surface area contributed by atoms with Gasteiger partial charge < -0.3 is 15.6 Å². The van der Waals surface area contributed by atoms with E-state index >= 15 is 0 Å². The van der Waals surface area contributed by atoms with Crippen LogP contribution in [0.15, 0.2) is 12.3 Å². The summed E-state index contributed by atoms with van der Waals surface area (Å²) in [5.41, 5.74) is 7.38. The molecule has 0 amide bonds. The van der Waals surface area contributed by atoms with Crippen LogP contribution in [0.25, 0.3) is 10.9 Å². The normalized spacial score (nSPS) is 15.8. The summed E-state index contributed by atoms with van der Waals surface area (Å²) in [6.07, 6.45) is 5.79. The number of rotatable bonds is 3. The van der Waals surface area contributed by atoms with Gasteiger partial charge >= 0.3 is 0 Å². The lowest BCUT2D eigenvalue weighted by molar-refractivity contribution is 0.0989. The molecule has 0 saturated carbocycles. The van der Waals surface area contributed by atoms with E-state index < -0.39 is 0 Å². The fourth-order valence-corrected chi connectivity index (χ4v) is 2.84. The number of ketones is 1. The summed E-state index contributed by atoms with van der Waals surface area (Å²) in [6.45, 7) is 3.97. The molecule has 0 aliphatic carbocycles. The number of hydrogen-bond donors (Lipinski definition) is 2. The molecule has 0 bridgehead atoms. The fraction of sp³-hybridized carbons (Fsp3) is 0.467. The minimum Gasteiger partial charge on any atom is -0.382 e. The summed E-state index contributed by atoms with van der Waals surface area (Å²) in [7, 11) is 0. The van der Waals surface area contributed by atoms with E-state index in [9.17, 15) is 4.79 Å². The molecule has 5 nitrogen and oxygen atoms in total. The zero-order valence-corrected chi connectivity index (χ0v) is 11.8. The first kappa shape index (κ1) is 13.0. The molecule has 1 fully saturated rings. The molecular weight excluding hydrogens is 252 g/mol. The largest absolute Gasteiger partial charge is 0.382 e. The van der Waals surface area contributed by atoms with Gasteiger partial charge in [0.25, 0.3) is 0 Å². The molecule has 3 rings (SSSR count). The summed E-state index contributed by atoms with van der Waals surface area (Å²) in [5.74, 6) is 1.60. The second kappa shape index (κ2) is 5.15. The monoisotopic (exact) mass is 272 g/mol. The zero-order valence-electron chi connectivity index (χ0n) is 11.8. The molecule has 106 valence electrons. The Labute approximate surface area is 118 Å². The molecule has 0 radical (unpaired) electrons. The van der Waals surface area contributed by atoms with Gasteiger partial charge in [-0.3, -0.25) is 4.79 Å². The van der Waals surface area contributed by atoms with Crippen molar-refractivity contribution >= 4 is 28.3 Å². The van der Waals surface area contributed by atoms with Gasteiger partial charge in [-0.15, -0.1) is 0 Å². The number of pyridine rings is 1. The number of nitrogens with one attached hydrogen (secondary N) is 1. The van der Waals surface area contributed by atoms with Crippen LogP contribution in [-0.4, -0.2) is 28.8 Å². The van der Waals surface area contributed by atoms with Crippen LogP contribution in [0.5, 0.6) is 0 Å². The highest BCUT2D eigenvalue weighted by atomic mass is 16.1. The van der Waals surface area contributed by atoms with E-state index in [4.69, 9.17) is 5.73 Å². The molecule has 0 unspecified atom stereocenters. The Bertz CT molecular complexity index is 641. The van der Waals surface area contributed by atoms with Crippen LogP contribution < -0.4 is 10.6 Å². The smallest absolute Gasteiger partial charge is 0.164 e. The summed E-state index contributed by atoms with van der Waals surface area (Å²) < 4.78 is 0. The molecular formula is C15H20N4O. The molecule has 0 atom stereocenters. The first-order chi connectivity index (χ1) is 9.70. The van der Waals surface area contributed by atoms with E-state index in [-0.39, 0.29) is 5.78 Å². The number of aromatic nitrogens is 2. The number of nitrogens with two attached hydrogens (primary N) is 1. The summed E-state index contributed by atoms with van der Waals surface area (Å²) >= 11 is 0. The number of piperidine rings is 1. The maximum absolute atomic E-state index is 12.0. The Morgan fingerprint density at radius 3 is 2.85 bits per heavy atom. The average molecular weight is 272 g/mol. The van der Waals surface area contributed by atoms with Gasteiger partial charge in [0.2, 0.25) is 0 Å². The third-order valence-electron chi connectivity index (χ3n) is 4.00. The first-order valence-electron chi connectivity index (χ1n) is 7.26. The first-order valence-corrected chi connectivity index (χ1v) is 7.26. The molecule has 1 saturated heterocycles. The topological polar surface area (TPSA) is 75.0 Å². The Kier molecular flexibility index (Phi) is 3.34. The van der Waals surface area contributed by atoms with Gasteiger partial charge in [0.15, 0.2) is 5.78 Å². The highest BCUT2D eigenvalue weighted by Gasteiger charge is 2.18. The third-order valence-corrected chi connectivity index (χ3v) is 4.00. The molecule has 20 heavy (non-hydrogen) atoms. The predicted octanol–water partition coefficient (Wildman–Crippen LogP) is 2.73. The van der Waals surface area contributed by atoms with Crippen molar-refractivity contribution in [1.82, 2.24) is 9.97 Å². The third kappa shape index (κ3) is 2.13. The molecule has 3 N–H and O–H groups in total. The van der Waals surface area contributed by atoms with E-state index in [0.29, 0.717) is 17.8 Å². The van der Waals surface area contributed by atoms with Crippen LogP contribution in [0.4, 0.5) is 11.6 Å². The van der Waals surface area contributed by atoms with Crippen LogP contribution >= 0.6 is 0 Å².